The summed E-state index contributed by atoms with van der Waals surface area (Å²) in [4.78, 5) is 19.9. The van der Waals surface area contributed by atoms with Crippen molar-refractivity contribution in [2.24, 2.45) is 0 Å². The fourth-order valence-corrected chi connectivity index (χ4v) is 2.41. The molecule has 0 aliphatic carbocycles. The topological polar surface area (TPSA) is 39.3 Å². The summed E-state index contributed by atoms with van der Waals surface area (Å²) < 4.78 is 0. The van der Waals surface area contributed by atoms with Crippen LogP contribution in [0, 0.1) is 0 Å². The number of nitrogens with zero attached hydrogens (tertiary/aromatic N) is 2. The van der Waals surface area contributed by atoms with Gasteiger partial charge in [-0.1, -0.05) is 12.1 Å². The Morgan fingerprint density at radius 3 is 2.70 bits per heavy atom. The average Bonchev–Trinajstić information content (AvgIpc) is 2.90. The van der Waals surface area contributed by atoms with E-state index in [2.05, 4.69) is 24.0 Å². The highest BCUT2D eigenvalue weighted by molar-refractivity contribution is 6.05. The molecule has 4 nitrogen and oxygen atoms in total. The highest BCUT2D eigenvalue weighted by Crippen LogP contribution is 2.18. The standard InChI is InChI=1S/C16H23N3O/c1-4-19(12-6-11-18(2)3)16(20)14-8-5-7-13-9-10-17-15(13)14/h5,7-10,17H,4,6,11-12H2,1-3H3. The summed E-state index contributed by atoms with van der Waals surface area (Å²) in [5.74, 6) is 0.110. The van der Waals surface area contributed by atoms with E-state index in [1.165, 1.54) is 0 Å². The lowest BCUT2D eigenvalue weighted by Crippen LogP contribution is -2.33. The number of aromatic amines is 1. The summed E-state index contributed by atoms with van der Waals surface area (Å²) in [6, 6.07) is 7.85. The summed E-state index contributed by atoms with van der Waals surface area (Å²) in [5, 5.41) is 1.08. The van der Waals surface area contributed by atoms with Crippen molar-refractivity contribution in [1.29, 1.82) is 0 Å². The third-order valence-electron chi connectivity index (χ3n) is 3.52. The van der Waals surface area contributed by atoms with Gasteiger partial charge in [-0.15, -0.1) is 0 Å². The molecule has 0 unspecified atom stereocenters. The van der Waals surface area contributed by atoms with E-state index in [0.29, 0.717) is 0 Å². The fourth-order valence-electron chi connectivity index (χ4n) is 2.41. The number of rotatable bonds is 6. The molecule has 1 amide bonds. The Kier molecular flexibility index (Phi) is 4.79. The van der Waals surface area contributed by atoms with Gasteiger partial charge in [0, 0.05) is 24.7 Å². The second-order valence-electron chi connectivity index (χ2n) is 5.29. The minimum atomic E-state index is 0.110. The molecule has 20 heavy (non-hydrogen) atoms. The van der Waals surface area contributed by atoms with Gasteiger partial charge in [0.25, 0.3) is 5.91 Å². The predicted molar refractivity (Wildman–Crippen MR) is 83.0 cm³/mol. The van der Waals surface area contributed by atoms with Crippen molar-refractivity contribution in [3.8, 4) is 0 Å². The van der Waals surface area contributed by atoms with E-state index in [1.807, 2.05) is 42.3 Å². The van der Waals surface area contributed by atoms with E-state index in [9.17, 15) is 4.79 Å². The lowest BCUT2D eigenvalue weighted by Gasteiger charge is -2.22. The highest BCUT2D eigenvalue weighted by atomic mass is 16.2. The molecule has 0 aliphatic heterocycles. The van der Waals surface area contributed by atoms with Crippen LogP contribution in [0.5, 0.6) is 0 Å². The minimum Gasteiger partial charge on any atom is -0.361 e. The van der Waals surface area contributed by atoms with Crippen molar-refractivity contribution in [2.75, 3.05) is 33.7 Å². The van der Waals surface area contributed by atoms with Gasteiger partial charge in [-0.3, -0.25) is 4.79 Å². The van der Waals surface area contributed by atoms with Gasteiger partial charge in [0.15, 0.2) is 0 Å². The van der Waals surface area contributed by atoms with Crippen LogP contribution in [0.15, 0.2) is 30.5 Å². The Bertz CT molecular complexity index is 574. The molecule has 1 aromatic carbocycles. The van der Waals surface area contributed by atoms with Crippen LogP contribution in [0.1, 0.15) is 23.7 Å². The molecule has 0 saturated carbocycles. The zero-order chi connectivity index (χ0) is 14.5. The Labute approximate surface area is 120 Å². The molecule has 0 radical (unpaired) electrons. The first-order valence-electron chi connectivity index (χ1n) is 7.13. The van der Waals surface area contributed by atoms with Crippen LogP contribution in [0.25, 0.3) is 10.9 Å². The van der Waals surface area contributed by atoms with E-state index >= 15 is 0 Å². The number of H-pyrrole nitrogens is 1. The number of aromatic nitrogens is 1. The van der Waals surface area contributed by atoms with Gasteiger partial charge in [-0.05, 0) is 46.1 Å². The van der Waals surface area contributed by atoms with E-state index in [1.54, 1.807) is 0 Å². The number of carbonyl (C=O) groups is 1. The number of hydrogen-bond donors (Lipinski definition) is 1. The number of hydrogen-bond acceptors (Lipinski definition) is 2. The lowest BCUT2D eigenvalue weighted by atomic mass is 10.1. The van der Waals surface area contributed by atoms with Crippen LogP contribution >= 0.6 is 0 Å². The number of amides is 1. The minimum absolute atomic E-state index is 0.110. The number of benzene rings is 1. The van der Waals surface area contributed by atoms with Gasteiger partial charge in [0.05, 0.1) is 11.1 Å². The number of fused-ring (bicyclic) bond motifs is 1. The Morgan fingerprint density at radius 1 is 1.20 bits per heavy atom. The maximum Gasteiger partial charge on any atom is 0.255 e. The summed E-state index contributed by atoms with van der Waals surface area (Å²) in [6.07, 6.45) is 2.87. The van der Waals surface area contributed by atoms with Gasteiger partial charge in [0.2, 0.25) is 0 Å². The molecule has 0 bridgehead atoms. The van der Waals surface area contributed by atoms with Gasteiger partial charge in [-0.25, -0.2) is 0 Å². The first kappa shape index (κ1) is 14.6. The van der Waals surface area contributed by atoms with Crippen LogP contribution in [0.2, 0.25) is 0 Å². The fraction of sp³-hybridized carbons (Fsp3) is 0.438. The molecule has 2 rings (SSSR count). The highest BCUT2D eigenvalue weighted by Gasteiger charge is 2.16. The van der Waals surface area contributed by atoms with Crippen molar-refractivity contribution in [2.45, 2.75) is 13.3 Å². The quantitative estimate of drug-likeness (QED) is 0.878. The largest absolute Gasteiger partial charge is 0.361 e. The van der Waals surface area contributed by atoms with Crippen molar-refractivity contribution >= 4 is 16.8 Å². The first-order valence-corrected chi connectivity index (χ1v) is 7.13. The van der Waals surface area contributed by atoms with Crippen LogP contribution in [0.3, 0.4) is 0 Å². The Morgan fingerprint density at radius 2 is 2.00 bits per heavy atom. The SMILES string of the molecule is CCN(CCCN(C)C)C(=O)c1cccc2cc[nH]c12. The van der Waals surface area contributed by atoms with Crippen molar-refractivity contribution in [1.82, 2.24) is 14.8 Å². The number of para-hydroxylation sites is 1. The average molecular weight is 273 g/mol. The van der Waals surface area contributed by atoms with Crippen LogP contribution in [-0.2, 0) is 0 Å². The maximum atomic E-state index is 12.7. The van der Waals surface area contributed by atoms with Crippen molar-refractivity contribution in [3.05, 3.63) is 36.0 Å². The summed E-state index contributed by atoms with van der Waals surface area (Å²) in [5.41, 5.74) is 1.70. The van der Waals surface area contributed by atoms with Crippen LogP contribution in [-0.4, -0.2) is 54.4 Å². The molecule has 1 N–H and O–H groups in total. The normalized spacial score (nSPS) is 11.2. The third-order valence-corrected chi connectivity index (χ3v) is 3.52. The third kappa shape index (κ3) is 3.20. The number of carbonyl (C=O) groups excluding carboxylic acids is 1. The molecule has 0 fully saturated rings. The van der Waals surface area contributed by atoms with Crippen LogP contribution in [0.4, 0.5) is 0 Å². The zero-order valence-electron chi connectivity index (χ0n) is 12.5. The van der Waals surface area contributed by atoms with Gasteiger partial charge < -0.3 is 14.8 Å². The molecule has 0 atom stereocenters. The molecule has 0 spiro atoms. The Hall–Kier alpha value is -1.81. The molecular weight excluding hydrogens is 250 g/mol. The van der Waals surface area contributed by atoms with E-state index < -0.39 is 0 Å². The molecule has 4 heteroatoms. The van der Waals surface area contributed by atoms with Crippen molar-refractivity contribution < 1.29 is 4.79 Å². The molecule has 2 aromatic rings. The smallest absolute Gasteiger partial charge is 0.255 e. The lowest BCUT2D eigenvalue weighted by molar-refractivity contribution is 0.0761. The maximum absolute atomic E-state index is 12.7. The molecule has 0 saturated heterocycles. The summed E-state index contributed by atoms with van der Waals surface area (Å²) in [7, 11) is 4.11. The van der Waals surface area contributed by atoms with E-state index in [0.717, 1.165) is 42.5 Å². The second-order valence-corrected chi connectivity index (χ2v) is 5.29. The van der Waals surface area contributed by atoms with Gasteiger partial charge in [0.1, 0.15) is 0 Å². The monoisotopic (exact) mass is 273 g/mol. The summed E-state index contributed by atoms with van der Waals surface area (Å²) in [6.45, 7) is 4.56. The van der Waals surface area contributed by atoms with Gasteiger partial charge in [-0.2, -0.15) is 0 Å². The van der Waals surface area contributed by atoms with E-state index in [4.69, 9.17) is 0 Å². The number of nitrogens with one attached hydrogen (secondary N) is 1. The molecular formula is C16H23N3O. The molecule has 1 heterocycles. The summed E-state index contributed by atoms with van der Waals surface area (Å²) >= 11 is 0. The zero-order valence-corrected chi connectivity index (χ0v) is 12.5. The molecule has 108 valence electrons. The molecule has 1 aromatic heterocycles. The molecule has 0 aliphatic rings. The predicted octanol–water partition coefficient (Wildman–Crippen LogP) is 2.58. The first-order chi connectivity index (χ1) is 9.63. The Balaban J connectivity index is 2.13. The van der Waals surface area contributed by atoms with Crippen molar-refractivity contribution in [3.63, 3.8) is 0 Å². The van der Waals surface area contributed by atoms with Gasteiger partial charge >= 0.3 is 0 Å². The van der Waals surface area contributed by atoms with E-state index in [-0.39, 0.29) is 5.91 Å². The second kappa shape index (κ2) is 6.57. The van der Waals surface area contributed by atoms with Crippen LogP contribution < -0.4 is 0 Å².